The minimum Gasteiger partial charge on any atom is -0.431 e. The maximum absolute atomic E-state index is 12.1. The van der Waals surface area contributed by atoms with Crippen LogP contribution in [0.25, 0.3) is 11.1 Å². The fourth-order valence-corrected chi connectivity index (χ4v) is 3.48. The molecule has 3 rings (SSSR count). The number of rotatable bonds is 5. The van der Waals surface area contributed by atoms with Gasteiger partial charge in [0.05, 0.1) is 11.8 Å². The molecule has 0 aliphatic carbocycles. The van der Waals surface area contributed by atoms with Crippen molar-refractivity contribution >= 4 is 52.0 Å². The molecule has 0 spiro atoms. The number of nitrogens with one attached hydrogen (secondary N) is 1. The Morgan fingerprint density at radius 3 is 2.83 bits per heavy atom. The Kier molecular flexibility index (Phi) is 5.33. The lowest BCUT2D eigenvalue weighted by molar-refractivity contribution is -0.119. The van der Waals surface area contributed by atoms with Crippen molar-refractivity contribution < 1.29 is 9.21 Å². The van der Waals surface area contributed by atoms with Crippen molar-refractivity contribution in [3.63, 3.8) is 0 Å². The topological polar surface area (TPSA) is 55.1 Å². The summed E-state index contributed by atoms with van der Waals surface area (Å²) in [6.07, 6.45) is 0. The number of carbonyl (C=O) groups is 1. The smallest absolute Gasteiger partial charge is 0.257 e. The summed E-state index contributed by atoms with van der Waals surface area (Å²) in [6, 6.07) is 12.5. The number of aromatic nitrogens is 1. The summed E-state index contributed by atoms with van der Waals surface area (Å²) in [4.78, 5) is 16.4. The van der Waals surface area contributed by atoms with E-state index in [1.54, 1.807) is 12.1 Å². The zero-order valence-corrected chi connectivity index (χ0v) is 15.1. The SMILES string of the molecule is CC(NC(=O)CSc1nc2ccccc2o1)c1ccc(Cl)cc1Cl. The zero-order valence-electron chi connectivity index (χ0n) is 12.8. The van der Waals surface area contributed by atoms with Crippen molar-refractivity contribution in [3.8, 4) is 0 Å². The summed E-state index contributed by atoms with van der Waals surface area (Å²) in [5, 5.41) is 4.47. The van der Waals surface area contributed by atoms with Crippen LogP contribution in [0.2, 0.25) is 10.0 Å². The van der Waals surface area contributed by atoms with Crippen LogP contribution in [-0.2, 0) is 4.79 Å². The number of halogens is 2. The van der Waals surface area contributed by atoms with Crippen LogP contribution in [0.4, 0.5) is 0 Å². The lowest BCUT2D eigenvalue weighted by atomic mass is 10.1. The van der Waals surface area contributed by atoms with E-state index in [4.69, 9.17) is 27.6 Å². The van der Waals surface area contributed by atoms with Crippen LogP contribution in [0.5, 0.6) is 0 Å². The molecule has 1 unspecified atom stereocenters. The molecule has 24 heavy (non-hydrogen) atoms. The highest BCUT2D eigenvalue weighted by molar-refractivity contribution is 7.99. The van der Waals surface area contributed by atoms with Gasteiger partial charge >= 0.3 is 0 Å². The first kappa shape index (κ1) is 17.1. The number of nitrogens with zero attached hydrogens (tertiary/aromatic N) is 1. The van der Waals surface area contributed by atoms with E-state index < -0.39 is 0 Å². The highest BCUT2D eigenvalue weighted by atomic mass is 35.5. The molecule has 7 heteroatoms. The van der Waals surface area contributed by atoms with Gasteiger partial charge in [0.15, 0.2) is 5.58 Å². The summed E-state index contributed by atoms with van der Waals surface area (Å²) in [5.41, 5.74) is 2.31. The molecule has 0 radical (unpaired) electrons. The Hall–Kier alpha value is -1.69. The number of benzene rings is 2. The highest BCUT2D eigenvalue weighted by Crippen LogP contribution is 2.27. The largest absolute Gasteiger partial charge is 0.431 e. The second-order valence-corrected chi connectivity index (χ2v) is 6.96. The van der Waals surface area contributed by atoms with Crippen LogP contribution in [0, 0.1) is 0 Å². The molecule has 1 atom stereocenters. The first-order valence-corrected chi connectivity index (χ1v) is 9.00. The Labute approximate surface area is 153 Å². The van der Waals surface area contributed by atoms with E-state index in [1.807, 2.05) is 37.3 Å². The maximum atomic E-state index is 12.1. The van der Waals surface area contributed by atoms with Crippen LogP contribution < -0.4 is 5.32 Å². The number of para-hydroxylation sites is 2. The average Bonchev–Trinajstić information content (AvgIpc) is 2.95. The van der Waals surface area contributed by atoms with Gasteiger partial charge in [0, 0.05) is 10.0 Å². The number of thioether (sulfide) groups is 1. The van der Waals surface area contributed by atoms with Crippen molar-refractivity contribution in [2.75, 3.05) is 5.75 Å². The Morgan fingerprint density at radius 1 is 1.29 bits per heavy atom. The van der Waals surface area contributed by atoms with E-state index >= 15 is 0 Å². The summed E-state index contributed by atoms with van der Waals surface area (Å²) in [6.45, 7) is 1.87. The molecule has 0 aliphatic heterocycles. The van der Waals surface area contributed by atoms with Gasteiger partial charge in [-0.2, -0.15) is 0 Å². The summed E-state index contributed by atoms with van der Waals surface area (Å²) < 4.78 is 5.58. The third-order valence-corrected chi connectivity index (χ3v) is 4.80. The molecule has 1 amide bonds. The third-order valence-electron chi connectivity index (χ3n) is 3.41. The van der Waals surface area contributed by atoms with Crippen molar-refractivity contribution in [1.82, 2.24) is 10.3 Å². The first-order valence-electron chi connectivity index (χ1n) is 7.25. The Balaban J connectivity index is 1.58. The van der Waals surface area contributed by atoms with Crippen molar-refractivity contribution in [2.45, 2.75) is 18.2 Å². The molecule has 1 N–H and O–H groups in total. The van der Waals surface area contributed by atoms with Gasteiger partial charge < -0.3 is 9.73 Å². The number of amides is 1. The third kappa shape index (κ3) is 4.04. The summed E-state index contributed by atoms with van der Waals surface area (Å²) >= 11 is 13.3. The molecule has 2 aromatic carbocycles. The predicted molar refractivity (Wildman–Crippen MR) is 97.8 cm³/mol. The molecular formula is C17H14Cl2N2O2S. The number of carbonyl (C=O) groups excluding carboxylic acids is 1. The fraction of sp³-hybridized carbons (Fsp3) is 0.176. The Bertz CT molecular complexity index is 849. The van der Waals surface area contributed by atoms with Gasteiger partial charge in [0.1, 0.15) is 5.52 Å². The van der Waals surface area contributed by atoms with E-state index in [2.05, 4.69) is 10.3 Å². The minimum atomic E-state index is -0.216. The predicted octanol–water partition coefficient (Wildman–Crippen LogP) is 5.10. The number of oxazole rings is 1. The molecule has 0 fully saturated rings. The van der Waals surface area contributed by atoms with Crippen LogP contribution >= 0.6 is 35.0 Å². The highest BCUT2D eigenvalue weighted by Gasteiger charge is 2.14. The normalized spacial score (nSPS) is 12.3. The number of fused-ring (bicyclic) bond motifs is 1. The zero-order chi connectivity index (χ0) is 17.1. The van der Waals surface area contributed by atoms with Crippen molar-refractivity contribution in [2.24, 2.45) is 0 Å². The van der Waals surface area contributed by atoms with E-state index in [1.165, 1.54) is 11.8 Å². The van der Waals surface area contributed by atoms with Crippen LogP contribution in [-0.4, -0.2) is 16.6 Å². The second-order valence-electron chi connectivity index (χ2n) is 5.19. The number of hydrogen-bond donors (Lipinski definition) is 1. The summed E-state index contributed by atoms with van der Waals surface area (Å²) in [5.74, 6) is 0.0864. The van der Waals surface area contributed by atoms with E-state index in [9.17, 15) is 4.79 Å². The van der Waals surface area contributed by atoms with Crippen LogP contribution in [0.1, 0.15) is 18.5 Å². The fourth-order valence-electron chi connectivity index (χ4n) is 2.25. The molecule has 0 saturated carbocycles. The van der Waals surface area contributed by atoms with E-state index in [0.717, 1.165) is 11.1 Å². The van der Waals surface area contributed by atoms with Gasteiger partial charge in [-0.05, 0) is 36.8 Å². The number of hydrogen-bond acceptors (Lipinski definition) is 4. The monoisotopic (exact) mass is 380 g/mol. The van der Waals surface area contributed by atoms with Gasteiger partial charge in [-0.1, -0.05) is 53.2 Å². The molecule has 1 heterocycles. The molecular weight excluding hydrogens is 367 g/mol. The lowest BCUT2D eigenvalue weighted by Crippen LogP contribution is -2.28. The lowest BCUT2D eigenvalue weighted by Gasteiger charge is -2.15. The van der Waals surface area contributed by atoms with Crippen molar-refractivity contribution in [1.29, 1.82) is 0 Å². The molecule has 0 bridgehead atoms. The van der Waals surface area contributed by atoms with Gasteiger partial charge in [0.2, 0.25) is 5.91 Å². The van der Waals surface area contributed by atoms with Gasteiger partial charge in [-0.15, -0.1) is 0 Å². The molecule has 4 nitrogen and oxygen atoms in total. The van der Waals surface area contributed by atoms with Gasteiger partial charge in [-0.25, -0.2) is 4.98 Å². The second kappa shape index (κ2) is 7.47. The molecule has 0 aliphatic rings. The quantitative estimate of drug-likeness (QED) is 0.625. The molecule has 1 aromatic heterocycles. The van der Waals surface area contributed by atoms with E-state index in [0.29, 0.717) is 20.9 Å². The standard InChI is InChI=1S/C17H14Cl2N2O2S/c1-10(12-7-6-11(18)8-13(12)19)20-16(22)9-24-17-21-14-4-2-3-5-15(14)23-17/h2-8,10H,9H2,1H3,(H,20,22). The van der Waals surface area contributed by atoms with Gasteiger partial charge in [0.25, 0.3) is 5.22 Å². The van der Waals surface area contributed by atoms with Crippen molar-refractivity contribution in [3.05, 3.63) is 58.1 Å². The van der Waals surface area contributed by atoms with Crippen LogP contribution in [0.3, 0.4) is 0 Å². The molecule has 0 saturated heterocycles. The molecule has 3 aromatic rings. The van der Waals surface area contributed by atoms with Gasteiger partial charge in [-0.3, -0.25) is 4.79 Å². The van der Waals surface area contributed by atoms with E-state index in [-0.39, 0.29) is 17.7 Å². The summed E-state index contributed by atoms with van der Waals surface area (Å²) in [7, 11) is 0. The minimum absolute atomic E-state index is 0.124. The Morgan fingerprint density at radius 2 is 2.08 bits per heavy atom. The first-order chi connectivity index (χ1) is 11.5. The average molecular weight is 381 g/mol. The maximum Gasteiger partial charge on any atom is 0.257 e. The molecule has 124 valence electrons. The van der Waals surface area contributed by atoms with Crippen LogP contribution in [0.15, 0.2) is 52.1 Å².